The van der Waals surface area contributed by atoms with E-state index in [0.29, 0.717) is 0 Å². The Morgan fingerprint density at radius 1 is 0.720 bits per heavy atom. The molecular formula is C18H31N3O4. The van der Waals surface area contributed by atoms with Crippen LogP contribution in [-0.2, 0) is 9.59 Å². The number of piperidine rings is 2. The number of aliphatic carboxylic acids is 2. The predicted octanol–water partition coefficient (Wildman–Crippen LogP) is 0.982. The fourth-order valence-electron chi connectivity index (χ4n) is 5.43. The van der Waals surface area contributed by atoms with E-state index in [-0.39, 0.29) is 0 Å². The first kappa shape index (κ1) is 18.6. The molecule has 7 heteroatoms. The lowest BCUT2D eigenvalue weighted by Crippen LogP contribution is -2.53. The standard InChI is InChI=1S/C16H29N3.C2H2O4/c1-18-13-3-4-14(18)8-11(7-13)17-12-9-15-5-6-16(10-12)19(15)2;3-1(4)2(5)6/h11-17H,3-10H2,1-2H3;(H,3,4)(H,5,6). The number of carboxylic acid groups (broad SMARTS) is 2. The summed E-state index contributed by atoms with van der Waals surface area (Å²) in [5, 5.41) is 18.8. The van der Waals surface area contributed by atoms with E-state index in [2.05, 4.69) is 29.2 Å². The lowest BCUT2D eigenvalue weighted by Gasteiger charge is -2.42. The van der Waals surface area contributed by atoms with E-state index in [1.54, 1.807) is 0 Å². The average molecular weight is 353 g/mol. The first-order chi connectivity index (χ1) is 11.8. The number of hydrogen-bond acceptors (Lipinski definition) is 5. The third-order valence-corrected chi connectivity index (χ3v) is 6.85. The largest absolute Gasteiger partial charge is 0.473 e. The summed E-state index contributed by atoms with van der Waals surface area (Å²) in [6.45, 7) is 0. The molecule has 0 spiro atoms. The van der Waals surface area contributed by atoms with Crippen molar-refractivity contribution in [2.24, 2.45) is 0 Å². The second kappa shape index (κ2) is 7.60. The van der Waals surface area contributed by atoms with Crippen molar-refractivity contribution in [2.75, 3.05) is 14.1 Å². The second-order valence-corrected chi connectivity index (χ2v) is 8.21. The first-order valence-corrected chi connectivity index (χ1v) is 9.51. The van der Waals surface area contributed by atoms with Crippen LogP contribution in [0.2, 0.25) is 0 Å². The zero-order valence-corrected chi connectivity index (χ0v) is 15.2. The topological polar surface area (TPSA) is 93.1 Å². The number of hydrogen-bond donors (Lipinski definition) is 3. The van der Waals surface area contributed by atoms with Crippen molar-refractivity contribution in [3.05, 3.63) is 0 Å². The molecule has 4 aliphatic heterocycles. The minimum Gasteiger partial charge on any atom is -0.473 e. The summed E-state index contributed by atoms with van der Waals surface area (Å²) < 4.78 is 0. The average Bonchev–Trinajstić information content (AvgIpc) is 2.91. The predicted molar refractivity (Wildman–Crippen MR) is 93.6 cm³/mol. The maximum Gasteiger partial charge on any atom is 0.414 e. The Kier molecular flexibility index (Phi) is 5.65. The number of carboxylic acids is 2. The molecule has 0 aliphatic carbocycles. The van der Waals surface area contributed by atoms with Gasteiger partial charge in [-0.1, -0.05) is 0 Å². The monoisotopic (exact) mass is 353 g/mol. The van der Waals surface area contributed by atoms with Crippen LogP contribution in [0.25, 0.3) is 0 Å². The Hall–Kier alpha value is -1.18. The summed E-state index contributed by atoms with van der Waals surface area (Å²) in [6.07, 6.45) is 11.4. The number of fused-ring (bicyclic) bond motifs is 4. The van der Waals surface area contributed by atoms with Gasteiger partial charge in [-0.3, -0.25) is 0 Å². The van der Waals surface area contributed by atoms with Gasteiger partial charge < -0.3 is 25.3 Å². The number of nitrogens with zero attached hydrogens (tertiary/aromatic N) is 2. The minimum atomic E-state index is -1.82. The molecule has 4 unspecified atom stereocenters. The molecule has 3 N–H and O–H groups in total. The van der Waals surface area contributed by atoms with Crippen LogP contribution >= 0.6 is 0 Å². The minimum absolute atomic E-state index is 0.807. The molecule has 4 aliphatic rings. The van der Waals surface area contributed by atoms with Gasteiger partial charge in [0.05, 0.1) is 0 Å². The van der Waals surface area contributed by atoms with Crippen LogP contribution in [0.4, 0.5) is 0 Å². The molecule has 0 amide bonds. The summed E-state index contributed by atoms with van der Waals surface area (Å²) in [5.41, 5.74) is 0. The summed E-state index contributed by atoms with van der Waals surface area (Å²) >= 11 is 0. The Labute approximate surface area is 149 Å². The van der Waals surface area contributed by atoms with Gasteiger partial charge >= 0.3 is 11.9 Å². The van der Waals surface area contributed by atoms with Gasteiger partial charge in [0.15, 0.2) is 0 Å². The van der Waals surface area contributed by atoms with Gasteiger partial charge in [-0.05, 0) is 65.5 Å². The smallest absolute Gasteiger partial charge is 0.414 e. The van der Waals surface area contributed by atoms with Crippen molar-refractivity contribution in [1.29, 1.82) is 0 Å². The lowest BCUT2D eigenvalue weighted by atomic mass is 9.93. The highest BCUT2D eigenvalue weighted by atomic mass is 16.4. The Bertz CT molecular complexity index is 443. The number of carbonyl (C=O) groups is 2. The maximum absolute atomic E-state index is 9.10. The molecule has 4 atom stereocenters. The molecule has 142 valence electrons. The molecule has 0 aromatic heterocycles. The van der Waals surface area contributed by atoms with Crippen LogP contribution in [0.5, 0.6) is 0 Å². The molecular weight excluding hydrogens is 322 g/mol. The van der Waals surface area contributed by atoms with Gasteiger partial charge in [-0.15, -0.1) is 0 Å². The van der Waals surface area contributed by atoms with Crippen molar-refractivity contribution in [3.63, 3.8) is 0 Å². The fourth-order valence-corrected chi connectivity index (χ4v) is 5.43. The third kappa shape index (κ3) is 4.15. The van der Waals surface area contributed by atoms with Gasteiger partial charge in [0.2, 0.25) is 0 Å². The Balaban J connectivity index is 0.000000265. The molecule has 7 nitrogen and oxygen atoms in total. The normalized spacial score (nSPS) is 40.4. The molecule has 0 aromatic rings. The highest BCUT2D eigenvalue weighted by Gasteiger charge is 2.42. The van der Waals surface area contributed by atoms with Crippen LogP contribution < -0.4 is 5.32 Å². The highest BCUT2D eigenvalue weighted by Crippen LogP contribution is 2.37. The van der Waals surface area contributed by atoms with E-state index >= 15 is 0 Å². The van der Waals surface area contributed by atoms with E-state index in [9.17, 15) is 0 Å². The maximum atomic E-state index is 9.10. The quantitative estimate of drug-likeness (QED) is 0.637. The molecule has 4 bridgehead atoms. The van der Waals surface area contributed by atoms with Gasteiger partial charge in [-0.2, -0.15) is 0 Å². The van der Waals surface area contributed by atoms with Crippen molar-refractivity contribution in [2.45, 2.75) is 87.6 Å². The van der Waals surface area contributed by atoms with Crippen molar-refractivity contribution < 1.29 is 19.8 Å². The molecule has 25 heavy (non-hydrogen) atoms. The van der Waals surface area contributed by atoms with E-state index in [0.717, 1.165) is 36.3 Å². The van der Waals surface area contributed by atoms with E-state index in [1.165, 1.54) is 51.4 Å². The second-order valence-electron chi connectivity index (χ2n) is 8.21. The summed E-state index contributed by atoms with van der Waals surface area (Å²) in [6, 6.07) is 5.11. The molecule has 4 heterocycles. The molecule has 4 rings (SSSR count). The van der Waals surface area contributed by atoms with Crippen LogP contribution in [0.15, 0.2) is 0 Å². The van der Waals surface area contributed by atoms with E-state index in [1.807, 2.05) is 0 Å². The molecule has 4 saturated heterocycles. The van der Waals surface area contributed by atoms with Gasteiger partial charge in [0.1, 0.15) is 0 Å². The number of rotatable bonds is 2. The van der Waals surface area contributed by atoms with Crippen molar-refractivity contribution in [3.8, 4) is 0 Å². The van der Waals surface area contributed by atoms with Crippen LogP contribution in [0.1, 0.15) is 51.4 Å². The summed E-state index contributed by atoms with van der Waals surface area (Å²) in [7, 11) is 4.68. The Morgan fingerprint density at radius 2 is 1.00 bits per heavy atom. The SMILES string of the molecule is CN1C2CCC1CC(NC1CC3CCC(C1)N3C)C2.O=C(O)C(=O)O. The van der Waals surface area contributed by atoms with Gasteiger partial charge in [0.25, 0.3) is 0 Å². The Morgan fingerprint density at radius 3 is 1.24 bits per heavy atom. The lowest BCUT2D eigenvalue weighted by molar-refractivity contribution is -0.159. The van der Waals surface area contributed by atoms with E-state index in [4.69, 9.17) is 19.8 Å². The highest BCUT2D eigenvalue weighted by molar-refractivity contribution is 6.27. The summed E-state index contributed by atoms with van der Waals surface area (Å²) in [4.78, 5) is 23.5. The molecule has 0 radical (unpaired) electrons. The number of nitrogens with one attached hydrogen (secondary N) is 1. The first-order valence-electron chi connectivity index (χ1n) is 9.51. The summed E-state index contributed by atoms with van der Waals surface area (Å²) in [5.74, 6) is -3.65. The molecule has 4 fully saturated rings. The van der Waals surface area contributed by atoms with Crippen LogP contribution in [-0.4, -0.2) is 82.3 Å². The fraction of sp³-hybridized carbons (Fsp3) is 0.889. The van der Waals surface area contributed by atoms with Gasteiger partial charge in [-0.25, -0.2) is 9.59 Å². The molecule has 0 aromatic carbocycles. The van der Waals surface area contributed by atoms with Gasteiger partial charge in [0, 0.05) is 36.3 Å². The molecule has 0 saturated carbocycles. The zero-order valence-electron chi connectivity index (χ0n) is 15.2. The van der Waals surface area contributed by atoms with E-state index < -0.39 is 11.9 Å². The third-order valence-electron chi connectivity index (χ3n) is 6.85. The van der Waals surface area contributed by atoms with Crippen molar-refractivity contribution in [1.82, 2.24) is 15.1 Å². The van der Waals surface area contributed by atoms with Crippen LogP contribution in [0, 0.1) is 0 Å². The van der Waals surface area contributed by atoms with Crippen molar-refractivity contribution >= 4 is 11.9 Å². The van der Waals surface area contributed by atoms with Crippen LogP contribution in [0.3, 0.4) is 0 Å². The zero-order chi connectivity index (χ0) is 18.1.